The number of ether oxygens (including phenoxy) is 1. The molecule has 0 aromatic heterocycles. The Balaban J connectivity index is 2.01. The third kappa shape index (κ3) is 3.67. The highest BCUT2D eigenvalue weighted by atomic mass is 19.3. The number of alkyl halides is 2. The molecule has 0 amide bonds. The molecule has 18 heavy (non-hydrogen) atoms. The number of hydrogen-bond donors (Lipinski definition) is 1. The molecule has 2 nitrogen and oxygen atoms in total. The first-order chi connectivity index (χ1) is 8.70. The number of hydrogen-bond acceptors (Lipinski definition) is 2. The standard InChI is InChI=1S/C14H19F2NO/c1-2-9-17-13(10-3-4-10)11-5-7-12(8-6-11)18-14(15)16/h5-8,10,13-14,17H,2-4,9H2,1H3. The fraction of sp³-hybridized carbons (Fsp3) is 0.571. The van der Waals surface area contributed by atoms with E-state index < -0.39 is 6.61 Å². The van der Waals surface area contributed by atoms with E-state index in [9.17, 15) is 8.78 Å². The van der Waals surface area contributed by atoms with Crippen LogP contribution >= 0.6 is 0 Å². The van der Waals surface area contributed by atoms with Gasteiger partial charge >= 0.3 is 6.61 Å². The van der Waals surface area contributed by atoms with E-state index in [2.05, 4.69) is 17.0 Å². The molecule has 0 spiro atoms. The Morgan fingerprint density at radius 3 is 2.44 bits per heavy atom. The predicted octanol–water partition coefficient (Wildman–Crippen LogP) is 3.74. The average molecular weight is 255 g/mol. The van der Waals surface area contributed by atoms with Crippen LogP contribution in [0.1, 0.15) is 37.8 Å². The molecular weight excluding hydrogens is 236 g/mol. The van der Waals surface area contributed by atoms with Gasteiger partial charge in [0.05, 0.1) is 0 Å². The summed E-state index contributed by atoms with van der Waals surface area (Å²) in [4.78, 5) is 0. The normalized spacial score (nSPS) is 16.9. The summed E-state index contributed by atoms with van der Waals surface area (Å²) in [6.45, 7) is 0.362. The molecular formula is C14H19F2NO. The molecule has 1 fully saturated rings. The summed E-state index contributed by atoms with van der Waals surface area (Å²) in [5, 5.41) is 3.52. The molecule has 0 radical (unpaired) electrons. The second-order valence-electron chi connectivity index (χ2n) is 4.72. The highest BCUT2D eigenvalue weighted by molar-refractivity contribution is 5.30. The molecule has 1 N–H and O–H groups in total. The van der Waals surface area contributed by atoms with Gasteiger partial charge in [-0.15, -0.1) is 0 Å². The van der Waals surface area contributed by atoms with Crippen molar-refractivity contribution in [1.82, 2.24) is 5.32 Å². The SMILES string of the molecule is CCCNC(c1ccc(OC(F)F)cc1)C1CC1. The first kappa shape index (κ1) is 13.3. The van der Waals surface area contributed by atoms with Crippen LogP contribution in [-0.2, 0) is 0 Å². The molecule has 1 aliphatic carbocycles. The van der Waals surface area contributed by atoms with Gasteiger partial charge in [-0.1, -0.05) is 19.1 Å². The molecule has 1 saturated carbocycles. The van der Waals surface area contributed by atoms with Crippen molar-refractivity contribution in [3.63, 3.8) is 0 Å². The van der Waals surface area contributed by atoms with Crippen LogP contribution in [0.15, 0.2) is 24.3 Å². The maximum atomic E-state index is 12.0. The van der Waals surface area contributed by atoms with Gasteiger partial charge in [0, 0.05) is 6.04 Å². The molecule has 0 heterocycles. The molecule has 100 valence electrons. The minimum Gasteiger partial charge on any atom is -0.435 e. The average Bonchev–Trinajstić information content (AvgIpc) is 3.15. The van der Waals surface area contributed by atoms with Crippen molar-refractivity contribution in [2.45, 2.75) is 38.8 Å². The van der Waals surface area contributed by atoms with E-state index in [4.69, 9.17) is 0 Å². The molecule has 0 bridgehead atoms. The van der Waals surface area contributed by atoms with E-state index in [0.717, 1.165) is 18.5 Å². The Kier molecular flexibility index (Phi) is 4.53. The summed E-state index contributed by atoms with van der Waals surface area (Å²) in [5.41, 5.74) is 1.16. The fourth-order valence-electron chi connectivity index (χ4n) is 2.14. The van der Waals surface area contributed by atoms with Gasteiger partial charge in [-0.25, -0.2) is 0 Å². The zero-order valence-corrected chi connectivity index (χ0v) is 10.5. The summed E-state index contributed by atoms with van der Waals surface area (Å²) in [6.07, 6.45) is 3.59. The molecule has 1 aliphatic rings. The van der Waals surface area contributed by atoms with Crippen LogP contribution in [0.25, 0.3) is 0 Å². The highest BCUT2D eigenvalue weighted by Gasteiger charge is 2.31. The zero-order valence-electron chi connectivity index (χ0n) is 10.5. The van der Waals surface area contributed by atoms with Gasteiger partial charge in [0.15, 0.2) is 0 Å². The molecule has 1 atom stereocenters. The second-order valence-corrected chi connectivity index (χ2v) is 4.72. The number of benzene rings is 1. The van der Waals surface area contributed by atoms with Crippen LogP contribution in [0, 0.1) is 5.92 Å². The molecule has 1 aromatic rings. The van der Waals surface area contributed by atoms with Crippen molar-refractivity contribution in [2.24, 2.45) is 5.92 Å². The first-order valence-electron chi connectivity index (χ1n) is 6.49. The Morgan fingerprint density at radius 2 is 1.94 bits per heavy atom. The lowest BCUT2D eigenvalue weighted by atomic mass is 10.0. The molecule has 2 rings (SSSR count). The van der Waals surface area contributed by atoms with E-state index in [-0.39, 0.29) is 5.75 Å². The van der Waals surface area contributed by atoms with Gasteiger partial charge in [-0.3, -0.25) is 0 Å². The Labute approximate surface area is 106 Å². The summed E-state index contributed by atoms with van der Waals surface area (Å²) in [5.74, 6) is 0.914. The van der Waals surface area contributed by atoms with Crippen molar-refractivity contribution in [2.75, 3.05) is 6.54 Å². The zero-order chi connectivity index (χ0) is 13.0. The van der Waals surface area contributed by atoms with E-state index in [1.807, 2.05) is 12.1 Å². The van der Waals surface area contributed by atoms with Crippen LogP contribution in [0.2, 0.25) is 0 Å². The predicted molar refractivity (Wildman–Crippen MR) is 66.8 cm³/mol. The van der Waals surface area contributed by atoms with E-state index in [1.54, 1.807) is 12.1 Å². The van der Waals surface area contributed by atoms with Crippen LogP contribution in [0.3, 0.4) is 0 Å². The van der Waals surface area contributed by atoms with Crippen LogP contribution in [-0.4, -0.2) is 13.2 Å². The fourth-order valence-corrected chi connectivity index (χ4v) is 2.14. The largest absolute Gasteiger partial charge is 0.435 e. The molecule has 4 heteroatoms. The van der Waals surface area contributed by atoms with Crippen LogP contribution in [0.4, 0.5) is 8.78 Å². The number of nitrogens with one attached hydrogen (secondary N) is 1. The van der Waals surface area contributed by atoms with Crippen LogP contribution in [0.5, 0.6) is 5.75 Å². The Hall–Kier alpha value is -1.16. The van der Waals surface area contributed by atoms with Crippen LogP contribution < -0.4 is 10.1 Å². The lowest BCUT2D eigenvalue weighted by Gasteiger charge is -2.18. The van der Waals surface area contributed by atoms with Crippen molar-refractivity contribution in [3.8, 4) is 5.75 Å². The van der Waals surface area contributed by atoms with Crippen molar-refractivity contribution in [1.29, 1.82) is 0 Å². The minimum atomic E-state index is -2.76. The Morgan fingerprint density at radius 1 is 1.28 bits per heavy atom. The maximum Gasteiger partial charge on any atom is 0.387 e. The Bertz CT molecular complexity index is 363. The van der Waals surface area contributed by atoms with Crippen molar-refractivity contribution >= 4 is 0 Å². The van der Waals surface area contributed by atoms with E-state index in [1.165, 1.54) is 12.8 Å². The smallest absolute Gasteiger partial charge is 0.387 e. The van der Waals surface area contributed by atoms with Gasteiger partial charge in [-0.05, 0) is 49.4 Å². The third-order valence-corrected chi connectivity index (χ3v) is 3.17. The van der Waals surface area contributed by atoms with Gasteiger partial charge in [-0.2, -0.15) is 8.78 Å². The highest BCUT2D eigenvalue weighted by Crippen LogP contribution is 2.41. The van der Waals surface area contributed by atoms with E-state index >= 15 is 0 Å². The summed E-state index contributed by atoms with van der Waals surface area (Å²) >= 11 is 0. The molecule has 1 unspecified atom stereocenters. The first-order valence-corrected chi connectivity index (χ1v) is 6.49. The van der Waals surface area contributed by atoms with Gasteiger partial charge in [0.25, 0.3) is 0 Å². The van der Waals surface area contributed by atoms with Gasteiger partial charge in [0.2, 0.25) is 0 Å². The topological polar surface area (TPSA) is 21.3 Å². The van der Waals surface area contributed by atoms with Crippen molar-refractivity contribution in [3.05, 3.63) is 29.8 Å². The number of halogens is 2. The number of rotatable bonds is 7. The molecule has 1 aromatic carbocycles. The maximum absolute atomic E-state index is 12.0. The minimum absolute atomic E-state index is 0.221. The lowest BCUT2D eigenvalue weighted by Crippen LogP contribution is -2.23. The summed E-state index contributed by atoms with van der Waals surface area (Å²) in [6, 6.07) is 7.34. The second kappa shape index (κ2) is 6.14. The van der Waals surface area contributed by atoms with Gasteiger partial charge < -0.3 is 10.1 Å². The van der Waals surface area contributed by atoms with Crippen molar-refractivity contribution < 1.29 is 13.5 Å². The molecule has 0 aliphatic heterocycles. The lowest BCUT2D eigenvalue weighted by molar-refractivity contribution is -0.0498. The quantitative estimate of drug-likeness (QED) is 0.801. The summed E-state index contributed by atoms with van der Waals surface area (Å²) in [7, 11) is 0. The van der Waals surface area contributed by atoms with Gasteiger partial charge in [0.1, 0.15) is 5.75 Å². The molecule has 0 saturated heterocycles. The van der Waals surface area contributed by atoms with E-state index in [0.29, 0.717) is 12.0 Å². The monoisotopic (exact) mass is 255 g/mol. The third-order valence-electron chi connectivity index (χ3n) is 3.17. The summed E-state index contributed by atoms with van der Waals surface area (Å²) < 4.78 is 28.5.